The molecule has 4 aromatic heterocycles. The van der Waals surface area contributed by atoms with Gasteiger partial charge in [0.1, 0.15) is 0 Å². The molecule has 0 aliphatic heterocycles. The topological polar surface area (TPSA) is 43.6 Å². The predicted molar refractivity (Wildman–Crippen MR) is 350 cm³/mol. The van der Waals surface area contributed by atoms with Gasteiger partial charge in [0.05, 0.1) is 0 Å². The van der Waals surface area contributed by atoms with Crippen LogP contribution >= 0.6 is 0 Å². The molecule has 5 heteroatoms. The smallest absolute Gasteiger partial charge is 0.349 e. The van der Waals surface area contributed by atoms with E-state index in [9.17, 15) is 0 Å². The van der Waals surface area contributed by atoms with Crippen molar-refractivity contribution in [3.8, 4) is 128 Å². The molecule has 4 heterocycles. The van der Waals surface area contributed by atoms with Crippen LogP contribution in [0.4, 0.5) is 0 Å². The van der Waals surface area contributed by atoms with Crippen LogP contribution in [0.15, 0.2) is 310 Å². The second kappa shape index (κ2) is 23.5. The molecular formula is C81H51IrN4. The number of para-hydroxylation sites is 2. The van der Waals surface area contributed by atoms with E-state index in [0.717, 1.165) is 145 Å². The van der Waals surface area contributed by atoms with Crippen molar-refractivity contribution in [3.05, 3.63) is 328 Å². The molecule has 0 aliphatic rings. The number of aromatic nitrogens is 4. The second-order valence-electron chi connectivity index (χ2n) is 21.2. The number of benzene rings is 11. The molecule has 0 aliphatic carbocycles. The largest absolute Gasteiger partial charge is 3.00 e. The molecule has 0 radical (unpaired) electrons. The maximum Gasteiger partial charge on any atom is 3.00 e. The molecule has 0 atom stereocenters. The first-order chi connectivity index (χ1) is 42.1. The molecule has 11 aromatic carbocycles. The Bertz CT molecular complexity index is 4740. The van der Waals surface area contributed by atoms with Gasteiger partial charge in [-0.3, -0.25) is 4.98 Å². The zero-order valence-corrected chi connectivity index (χ0v) is 49.0. The third-order valence-electron chi connectivity index (χ3n) is 16.1. The average molecular weight is 1270 g/mol. The number of hydrogen-bond acceptors (Lipinski definition) is 3. The minimum absolute atomic E-state index is 0. The number of pyridine rings is 3. The van der Waals surface area contributed by atoms with E-state index in [-0.39, 0.29) is 20.1 Å². The van der Waals surface area contributed by atoms with E-state index in [4.69, 9.17) is 15.0 Å². The Hall–Kier alpha value is -10.7. The summed E-state index contributed by atoms with van der Waals surface area (Å²) in [5, 5.41) is 2.20. The van der Waals surface area contributed by atoms with Crippen LogP contribution in [0.1, 0.15) is 0 Å². The van der Waals surface area contributed by atoms with Crippen molar-refractivity contribution < 1.29 is 20.1 Å². The summed E-state index contributed by atoms with van der Waals surface area (Å²) < 4.78 is 2.33. The van der Waals surface area contributed by atoms with E-state index < -0.39 is 0 Å². The van der Waals surface area contributed by atoms with E-state index in [1.54, 1.807) is 0 Å². The quantitative estimate of drug-likeness (QED) is 0.115. The van der Waals surface area contributed by atoms with Crippen LogP contribution in [0.25, 0.3) is 150 Å². The van der Waals surface area contributed by atoms with Crippen LogP contribution in [-0.2, 0) is 20.1 Å². The summed E-state index contributed by atoms with van der Waals surface area (Å²) in [6, 6.07) is 114. The van der Waals surface area contributed by atoms with Gasteiger partial charge in [-0.1, -0.05) is 210 Å². The maximum absolute atomic E-state index is 5.38. The summed E-state index contributed by atoms with van der Waals surface area (Å²) in [6.45, 7) is 0. The van der Waals surface area contributed by atoms with Gasteiger partial charge in [0.2, 0.25) is 0 Å². The summed E-state index contributed by atoms with van der Waals surface area (Å²) in [6.07, 6.45) is 6.04. The first-order valence-electron chi connectivity index (χ1n) is 28.6. The van der Waals surface area contributed by atoms with Gasteiger partial charge in [0.15, 0.2) is 0 Å². The first kappa shape index (κ1) is 53.3. The van der Waals surface area contributed by atoms with Crippen LogP contribution in [0.5, 0.6) is 0 Å². The fourth-order valence-electron chi connectivity index (χ4n) is 12.0. The Balaban J connectivity index is 0.00000653. The van der Waals surface area contributed by atoms with Crippen molar-refractivity contribution in [2.75, 3.05) is 0 Å². The molecular weight excluding hydrogens is 1220 g/mol. The molecule has 0 amide bonds. The molecule has 4 nitrogen and oxygen atoms in total. The van der Waals surface area contributed by atoms with Gasteiger partial charge in [0.25, 0.3) is 0 Å². The van der Waals surface area contributed by atoms with Crippen LogP contribution in [0.2, 0.25) is 0 Å². The van der Waals surface area contributed by atoms with Crippen LogP contribution in [0.3, 0.4) is 0 Å². The zero-order valence-electron chi connectivity index (χ0n) is 46.6. The molecule has 0 spiro atoms. The van der Waals surface area contributed by atoms with Gasteiger partial charge in [-0.25, -0.2) is 0 Å². The van der Waals surface area contributed by atoms with Gasteiger partial charge in [-0.15, -0.1) is 90.0 Å². The molecule has 86 heavy (non-hydrogen) atoms. The molecule has 404 valence electrons. The number of fused-ring (bicyclic) bond motifs is 3. The Morgan fingerprint density at radius 1 is 0.267 bits per heavy atom. The first-order valence-corrected chi connectivity index (χ1v) is 28.6. The molecule has 15 aromatic rings. The Labute approximate surface area is 514 Å². The van der Waals surface area contributed by atoms with Crippen molar-refractivity contribution in [1.82, 2.24) is 19.5 Å². The number of rotatable bonds is 12. The van der Waals surface area contributed by atoms with Crippen LogP contribution in [0, 0.1) is 18.2 Å². The van der Waals surface area contributed by atoms with E-state index in [2.05, 4.69) is 272 Å². The second-order valence-corrected chi connectivity index (χ2v) is 21.2. The van der Waals surface area contributed by atoms with Crippen molar-refractivity contribution in [2.24, 2.45) is 0 Å². The molecule has 0 saturated carbocycles. The Morgan fingerprint density at radius 2 is 0.721 bits per heavy atom. The maximum atomic E-state index is 5.38. The SMILES string of the molecule is [Ir+3].[c-]1ccccc1-c1ccc(-c2ccccc2-c2cc(-c3ccccc3-c3ccc(-c4[c-]cccc4)nc3)cc(-c3ccccc3-c3cnc(-c4[c-]c5c6ccccc6n(-c6ccccc6)c5cc4)cc3-c3ccc(-c4ccccc4)cc3)c2)cn1. The molecule has 0 N–H and O–H groups in total. The molecule has 0 unspecified atom stereocenters. The fourth-order valence-corrected chi connectivity index (χ4v) is 12.0. The van der Waals surface area contributed by atoms with Crippen molar-refractivity contribution in [2.45, 2.75) is 0 Å². The summed E-state index contributed by atoms with van der Waals surface area (Å²) in [5.41, 5.74) is 26.0. The van der Waals surface area contributed by atoms with Crippen molar-refractivity contribution in [1.29, 1.82) is 0 Å². The van der Waals surface area contributed by atoms with E-state index >= 15 is 0 Å². The molecule has 0 bridgehead atoms. The Morgan fingerprint density at radius 3 is 1.27 bits per heavy atom. The monoisotopic (exact) mass is 1270 g/mol. The summed E-state index contributed by atoms with van der Waals surface area (Å²) in [7, 11) is 0. The van der Waals surface area contributed by atoms with Crippen molar-refractivity contribution >= 4 is 21.8 Å². The summed E-state index contributed by atoms with van der Waals surface area (Å²) >= 11 is 0. The van der Waals surface area contributed by atoms with E-state index in [0.29, 0.717) is 0 Å². The van der Waals surface area contributed by atoms with Gasteiger partial charge < -0.3 is 14.5 Å². The van der Waals surface area contributed by atoms with Gasteiger partial charge in [-0.05, 0) is 137 Å². The number of nitrogens with zero attached hydrogens (tertiary/aromatic N) is 4. The van der Waals surface area contributed by atoms with E-state index in [1.807, 2.05) is 60.9 Å². The van der Waals surface area contributed by atoms with Gasteiger partial charge in [-0.2, -0.15) is 0 Å². The molecule has 0 saturated heterocycles. The van der Waals surface area contributed by atoms with Gasteiger partial charge in [0, 0.05) is 41.1 Å². The normalized spacial score (nSPS) is 11.2. The minimum atomic E-state index is 0. The molecule has 0 fully saturated rings. The third-order valence-corrected chi connectivity index (χ3v) is 16.1. The zero-order chi connectivity index (χ0) is 56.5. The summed E-state index contributed by atoms with van der Waals surface area (Å²) in [4.78, 5) is 15.3. The summed E-state index contributed by atoms with van der Waals surface area (Å²) in [5.74, 6) is 0. The fraction of sp³-hybridized carbons (Fsp3) is 0. The average Bonchev–Trinajstić information content (AvgIpc) is 2.19. The van der Waals surface area contributed by atoms with Crippen molar-refractivity contribution in [3.63, 3.8) is 0 Å². The minimum Gasteiger partial charge on any atom is -0.349 e. The van der Waals surface area contributed by atoms with E-state index in [1.165, 1.54) is 5.56 Å². The van der Waals surface area contributed by atoms with Gasteiger partial charge >= 0.3 is 20.1 Å². The standard InChI is InChI=1S/C81H51N4.Ir/c1-5-21-55(22-6-1)56-37-39-57(40-38-56)74-51-79(60-43-46-81-75(50-60)73-35-19-20-36-80(73)85(81)66-27-11-4-12-28-66)84-54-76(74)72-34-18-17-33-71(72)65-48-63(69-31-15-13-29-67(69)61-41-44-77(82-52-61)58-23-7-2-8-24-58)47-64(49-65)70-32-16-14-30-68(70)62-42-45-78(83-53-62)59-25-9-3-10-26-59;/h1-23,25,27-49,51-54H;/q-3;+3. The van der Waals surface area contributed by atoms with Crippen LogP contribution < -0.4 is 0 Å². The molecule has 15 rings (SSSR count). The Kier molecular flexibility index (Phi) is 14.6. The predicted octanol–water partition coefficient (Wildman–Crippen LogP) is 20.7. The number of hydrogen-bond donors (Lipinski definition) is 0. The van der Waals surface area contributed by atoms with Crippen LogP contribution in [-0.4, -0.2) is 19.5 Å². The third kappa shape index (κ3) is 10.3.